The molecule has 2 rings (SSSR count). The lowest BCUT2D eigenvalue weighted by Gasteiger charge is -1.90. The first-order chi connectivity index (χ1) is 4.92. The SMILES string of the molecule is NCc1nnn2c1CCC2. The molecule has 2 heterocycles. The van der Waals surface area contributed by atoms with E-state index >= 15 is 0 Å². The second kappa shape index (κ2) is 2.05. The molecule has 0 aliphatic carbocycles. The zero-order valence-corrected chi connectivity index (χ0v) is 5.75. The number of hydrogen-bond acceptors (Lipinski definition) is 3. The summed E-state index contributed by atoms with van der Waals surface area (Å²) in [5.41, 5.74) is 7.66. The summed E-state index contributed by atoms with van der Waals surface area (Å²) in [5.74, 6) is 0. The fourth-order valence-corrected chi connectivity index (χ4v) is 1.38. The molecule has 2 N–H and O–H groups in total. The van der Waals surface area contributed by atoms with Crippen LogP contribution in [-0.2, 0) is 19.5 Å². The van der Waals surface area contributed by atoms with Gasteiger partial charge in [-0.3, -0.25) is 0 Å². The Morgan fingerprint density at radius 3 is 3.30 bits per heavy atom. The average Bonchev–Trinajstić information content (AvgIpc) is 2.44. The zero-order chi connectivity index (χ0) is 6.97. The number of aryl methyl sites for hydroxylation is 1. The smallest absolute Gasteiger partial charge is 0.0994 e. The van der Waals surface area contributed by atoms with Gasteiger partial charge in [-0.2, -0.15) is 0 Å². The molecular weight excluding hydrogens is 128 g/mol. The monoisotopic (exact) mass is 138 g/mol. The lowest BCUT2D eigenvalue weighted by Crippen LogP contribution is -2.00. The third-order valence-electron chi connectivity index (χ3n) is 1.89. The highest BCUT2D eigenvalue weighted by Gasteiger charge is 2.15. The van der Waals surface area contributed by atoms with Crippen LogP contribution in [0.15, 0.2) is 0 Å². The molecule has 0 radical (unpaired) electrons. The summed E-state index contributed by atoms with van der Waals surface area (Å²) in [6.07, 6.45) is 2.29. The molecule has 0 saturated heterocycles. The van der Waals surface area contributed by atoms with E-state index in [0.29, 0.717) is 6.54 Å². The fraction of sp³-hybridized carbons (Fsp3) is 0.667. The van der Waals surface area contributed by atoms with Crippen molar-refractivity contribution in [2.75, 3.05) is 0 Å². The molecule has 0 aromatic carbocycles. The van der Waals surface area contributed by atoms with Gasteiger partial charge in [0.15, 0.2) is 0 Å². The van der Waals surface area contributed by atoms with Crippen LogP contribution in [-0.4, -0.2) is 15.0 Å². The van der Waals surface area contributed by atoms with Crippen LogP contribution < -0.4 is 5.73 Å². The molecule has 0 atom stereocenters. The number of fused-ring (bicyclic) bond motifs is 1. The van der Waals surface area contributed by atoms with Gasteiger partial charge < -0.3 is 5.73 Å². The van der Waals surface area contributed by atoms with Crippen LogP contribution in [0.1, 0.15) is 17.8 Å². The van der Waals surface area contributed by atoms with Crippen molar-refractivity contribution in [1.82, 2.24) is 15.0 Å². The molecule has 4 nitrogen and oxygen atoms in total. The molecule has 1 aromatic heterocycles. The maximum absolute atomic E-state index is 5.45. The van der Waals surface area contributed by atoms with Crippen molar-refractivity contribution >= 4 is 0 Å². The quantitative estimate of drug-likeness (QED) is 0.578. The molecule has 54 valence electrons. The number of nitrogens with two attached hydrogens (primary N) is 1. The Morgan fingerprint density at radius 2 is 2.50 bits per heavy atom. The Kier molecular flexibility index (Phi) is 1.20. The fourth-order valence-electron chi connectivity index (χ4n) is 1.38. The van der Waals surface area contributed by atoms with Crippen molar-refractivity contribution in [1.29, 1.82) is 0 Å². The third-order valence-corrected chi connectivity index (χ3v) is 1.89. The second-order valence-electron chi connectivity index (χ2n) is 2.51. The second-order valence-corrected chi connectivity index (χ2v) is 2.51. The highest BCUT2D eigenvalue weighted by molar-refractivity contribution is 5.12. The minimum Gasteiger partial charge on any atom is -0.325 e. The van der Waals surface area contributed by atoms with E-state index in [-0.39, 0.29) is 0 Å². The van der Waals surface area contributed by atoms with Crippen LogP contribution in [0.3, 0.4) is 0 Å². The van der Waals surface area contributed by atoms with E-state index in [4.69, 9.17) is 5.73 Å². The predicted octanol–water partition coefficient (Wildman–Crippen LogP) is -0.317. The molecule has 0 unspecified atom stereocenters. The molecular formula is C6H10N4. The van der Waals surface area contributed by atoms with Gasteiger partial charge >= 0.3 is 0 Å². The van der Waals surface area contributed by atoms with Gasteiger partial charge in [-0.15, -0.1) is 5.10 Å². The lowest BCUT2D eigenvalue weighted by molar-refractivity contribution is 0.622. The third kappa shape index (κ3) is 0.654. The van der Waals surface area contributed by atoms with E-state index in [1.807, 2.05) is 4.68 Å². The highest BCUT2D eigenvalue weighted by Crippen LogP contribution is 2.14. The van der Waals surface area contributed by atoms with Crippen LogP contribution in [0.5, 0.6) is 0 Å². The van der Waals surface area contributed by atoms with Gasteiger partial charge in [0.05, 0.1) is 11.4 Å². The van der Waals surface area contributed by atoms with Gasteiger partial charge in [-0.25, -0.2) is 4.68 Å². The van der Waals surface area contributed by atoms with Gasteiger partial charge in [0.1, 0.15) is 0 Å². The maximum Gasteiger partial charge on any atom is 0.0994 e. The molecule has 1 aliphatic rings. The largest absolute Gasteiger partial charge is 0.325 e. The highest BCUT2D eigenvalue weighted by atomic mass is 15.4. The van der Waals surface area contributed by atoms with Gasteiger partial charge in [0.2, 0.25) is 0 Å². The van der Waals surface area contributed by atoms with Crippen LogP contribution in [0.2, 0.25) is 0 Å². The molecule has 0 amide bonds. The normalized spacial score (nSPS) is 15.7. The first-order valence-corrected chi connectivity index (χ1v) is 3.53. The van der Waals surface area contributed by atoms with Crippen molar-refractivity contribution in [2.45, 2.75) is 25.9 Å². The summed E-state index contributed by atoms with van der Waals surface area (Å²) >= 11 is 0. The van der Waals surface area contributed by atoms with E-state index < -0.39 is 0 Å². The summed E-state index contributed by atoms with van der Waals surface area (Å²) in [4.78, 5) is 0. The van der Waals surface area contributed by atoms with E-state index in [0.717, 1.165) is 18.7 Å². The average molecular weight is 138 g/mol. The molecule has 1 aromatic rings. The van der Waals surface area contributed by atoms with E-state index in [1.165, 1.54) is 12.1 Å². The van der Waals surface area contributed by atoms with Crippen molar-refractivity contribution in [3.8, 4) is 0 Å². The van der Waals surface area contributed by atoms with E-state index in [2.05, 4.69) is 10.3 Å². The van der Waals surface area contributed by atoms with Crippen LogP contribution in [0.4, 0.5) is 0 Å². The maximum atomic E-state index is 5.45. The Hall–Kier alpha value is -0.900. The summed E-state index contributed by atoms with van der Waals surface area (Å²) in [6, 6.07) is 0. The van der Waals surface area contributed by atoms with Gasteiger partial charge in [0.25, 0.3) is 0 Å². The molecule has 0 spiro atoms. The Bertz CT molecular complexity index is 240. The first kappa shape index (κ1) is 5.85. The molecule has 0 saturated carbocycles. The zero-order valence-electron chi connectivity index (χ0n) is 5.75. The Morgan fingerprint density at radius 1 is 1.60 bits per heavy atom. The molecule has 4 heteroatoms. The number of aromatic nitrogens is 3. The van der Waals surface area contributed by atoms with Gasteiger partial charge in [-0.1, -0.05) is 5.21 Å². The minimum atomic E-state index is 0.523. The topological polar surface area (TPSA) is 56.7 Å². The number of rotatable bonds is 1. The molecule has 10 heavy (non-hydrogen) atoms. The summed E-state index contributed by atoms with van der Waals surface area (Å²) in [5, 5.41) is 7.90. The number of hydrogen-bond donors (Lipinski definition) is 1. The van der Waals surface area contributed by atoms with Crippen molar-refractivity contribution in [2.24, 2.45) is 5.73 Å². The van der Waals surface area contributed by atoms with Crippen LogP contribution in [0.25, 0.3) is 0 Å². The summed E-state index contributed by atoms with van der Waals surface area (Å²) in [7, 11) is 0. The summed E-state index contributed by atoms with van der Waals surface area (Å²) in [6.45, 7) is 1.54. The lowest BCUT2D eigenvalue weighted by atomic mass is 10.2. The minimum absolute atomic E-state index is 0.523. The standard InChI is InChI=1S/C6H10N4/c7-4-5-6-2-1-3-10(6)9-8-5/h1-4,7H2. The summed E-state index contributed by atoms with van der Waals surface area (Å²) < 4.78 is 1.95. The van der Waals surface area contributed by atoms with E-state index in [1.54, 1.807) is 0 Å². The van der Waals surface area contributed by atoms with Crippen molar-refractivity contribution < 1.29 is 0 Å². The van der Waals surface area contributed by atoms with Crippen molar-refractivity contribution in [3.63, 3.8) is 0 Å². The van der Waals surface area contributed by atoms with Crippen LogP contribution in [0, 0.1) is 0 Å². The van der Waals surface area contributed by atoms with Gasteiger partial charge in [-0.05, 0) is 12.8 Å². The molecule has 1 aliphatic heterocycles. The Balaban J connectivity index is 2.44. The predicted molar refractivity (Wildman–Crippen MR) is 36.2 cm³/mol. The van der Waals surface area contributed by atoms with Crippen LogP contribution >= 0.6 is 0 Å². The van der Waals surface area contributed by atoms with Crippen molar-refractivity contribution in [3.05, 3.63) is 11.4 Å². The van der Waals surface area contributed by atoms with Gasteiger partial charge in [0, 0.05) is 13.1 Å². The van der Waals surface area contributed by atoms with E-state index in [9.17, 15) is 0 Å². The number of nitrogens with zero attached hydrogens (tertiary/aromatic N) is 3. The molecule has 0 bridgehead atoms. The Labute approximate surface area is 59.0 Å². The first-order valence-electron chi connectivity index (χ1n) is 3.53. The molecule has 0 fully saturated rings.